The van der Waals surface area contributed by atoms with Crippen molar-refractivity contribution in [2.45, 2.75) is 19.5 Å². The van der Waals surface area contributed by atoms with Crippen LogP contribution in [0.2, 0.25) is 0 Å². The molecule has 1 aromatic heterocycles. The largest absolute Gasteiger partial charge is 0.573 e. The molecule has 0 saturated heterocycles. The van der Waals surface area contributed by atoms with Gasteiger partial charge in [-0.2, -0.15) is 5.26 Å². The molecule has 0 amide bonds. The Labute approximate surface area is 93.1 Å². The van der Waals surface area contributed by atoms with E-state index in [9.17, 15) is 22.7 Å². The predicted octanol–water partition coefficient (Wildman–Crippen LogP) is 2.22. The van der Waals surface area contributed by atoms with Gasteiger partial charge in [-0.15, -0.1) is 13.2 Å². The fourth-order valence-corrected chi connectivity index (χ4v) is 1.09. The molecule has 8 heteroatoms. The van der Waals surface area contributed by atoms with Crippen molar-refractivity contribution in [2.75, 3.05) is 0 Å². The fraction of sp³-hybridized carbons (Fsp3) is 0.333. The number of ether oxygens (including phenoxy) is 1. The number of nitrogens with zero attached hydrogens (tertiary/aromatic N) is 2. The Balaban J connectivity index is 3.23. The molecule has 0 aliphatic heterocycles. The molecule has 0 aliphatic rings. The summed E-state index contributed by atoms with van der Waals surface area (Å²) in [6.45, 7) is -1.28. The van der Waals surface area contributed by atoms with Gasteiger partial charge in [0.1, 0.15) is 6.67 Å². The van der Waals surface area contributed by atoms with E-state index in [0.717, 1.165) is 6.20 Å². The van der Waals surface area contributed by atoms with Crippen LogP contribution in [0.15, 0.2) is 6.20 Å². The summed E-state index contributed by atoms with van der Waals surface area (Å²) in [7, 11) is 0. The van der Waals surface area contributed by atoms with Crippen molar-refractivity contribution in [3.8, 4) is 17.6 Å². The highest BCUT2D eigenvalue weighted by Gasteiger charge is 2.34. The van der Waals surface area contributed by atoms with Crippen LogP contribution in [0, 0.1) is 11.3 Å². The average molecular weight is 250 g/mol. The Morgan fingerprint density at radius 2 is 2.12 bits per heavy atom. The van der Waals surface area contributed by atoms with Crippen LogP contribution in [0.1, 0.15) is 11.3 Å². The van der Waals surface area contributed by atoms with Crippen LogP contribution < -0.4 is 4.74 Å². The molecule has 17 heavy (non-hydrogen) atoms. The number of hydrogen-bond donors (Lipinski definition) is 1. The third-order valence-electron chi connectivity index (χ3n) is 1.76. The molecule has 0 atom stereocenters. The lowest BCUT2D eigenvalue weighted by atomic mass is 10.2. The van der Waals surface area contributed by atoms with Crippen molar-refractivity contribution in [3.63, 3.8) is 0 Å². The molecule has 0 fully saturated rings. The van der Waals surface area contributed by atoms with Crippen molar-refractivity contribution in [3.05, 3.63) is 17.5 Å². The standard InChI is InChI=1S/C9H6F4N2O2/c10-3-5-4-15-6(1-2-14)7(16)8(5)17-9(11,12)13/h4,16H,1,3H2. The summed E-state index contributed by atoms with van der Waals surface area (Å²) < 4.78 is 51.9. The number of aromatic hydroxyl groups is 1. The summed E-state index contributed by atoms with van der Waals surface area (Å²) >= 11 is 0. The van der Waals surface area contributed by atoms with Crippen LogP contribution in [0.5, 0.6) is 11.5 Å². The van der Waals surface area contributed by atoms with Crippen molar-refractivity contribution >= 4 is 0 Å². The summed E-state index contributed by atoms with van der Waals surface area (Å²) in [6, 6.07) is 1.60. The second kappa shape index (κ2) is 4.86. The smallest absolute Gasteiger partial charge is 0.503 e. The molecule has 0 bridgehead atoms. The van der Waals surface area contributed by atoms with Crippen LogP contribution in [0.4, 0.5) is 17.6 Å². The van der Waals surface area contributed by atoms with E-state index in [1.807, 2.05) is 0 Å². The van der Waals surface area contributed by atoms with Gasteiger partial charge < -0.3 is 9.84 Å². The molecule has 0 aliphatic carbocycles. The Kier molecular flexibility index (Phi) is 3.73. The number of aromatic nitrogens is 1. The Morgan fingerprint density at radius 1 is 1.47 bits per heavy atom. The van der Waals surface area contributed by atoms with Gasteiger partial charge in [-0.3, -0.25) is 4.98 Å². The van der Waals surface area contributed by atoms with Gasteiger partial charge in [-0.25, -0.2) is 4.39 Å². The van der Waals surface area contributed by atoms with E-state index in [1.165, 1.54) is 0 Å². The van der Waals surface area contributed by atoms with Crippen molar-refractivity contribution in [2.24, 2.45) is 0 Å². The molecule has 0 spiro atoms. The zero-order valence-electron chi connectivity index (χ0n) is 8.25. The fourth-order valence-electron chi connectivity index (χ4n) is 1.09. The van der Waals surface area contributed by atoms with Crippen LogP contribution in [-0.4, -0.2) is 16.5 Å². The van der Waals surface area contributed by atoms with Crippen LogP contribution >= 0.6 is 0 Å². The molecular formula is C9H6F4N2O2. The van der Waals surface area contributed by atoms with E-state index in [0.29, 0.717) is 0 Å². The Bertz CT molecular complexity index is 454. The van der Waals surface area contributed by atoms with E-state index in [4.69, 9.17) is 5.26 Å². The minimum absolute atomic E-state index is 0.302. The first-order chi connectivity index (χ1) is 7.89. The van der Waals surface area contributed by atoms with Gasteiger partial charge in [0.05, 0.1) is 18.2 Å². The van der Waals surface area contributed by atoms with Gasteiger partial charge in [0.15, 0.2) is 11.5 Å². The second-order valence-electron chi connectivity index (χ2n) is 2.92. The predicted molar refractivity (Wildman–Crippen MR) is 46.7 cm³/mol. The molecule has 0 unspecified atom stereocenters. The third-order valence-corrected chi connectivity index (χ3v) is 1.76. The van der Waals surface area contributed by atoms with E-state index in [-0.39, 0.29) is 5.69 Å². The van der Waals surface area contributed by atoms with Gasteiger partial charge in [-0.1, -0.05) is 0 Å². The van der Waals surface area contributed by atoms with Crippen LogP contribution in [-0.2, 0) is 13.1 Å². The molecular weight excluding hydrogens is 244 g/mol. The highest BCUT2D eigenvalue weighted by molar-refractivity contribution is 5.48. The van der Waals surface area contributed by atoms with Gasteiger partial charge in [0.2, 0.25) is 0 Å². The molecule has 0 radical (unpaired) electrons. The summed E-state index contributed by atoms with van der Waals surface area (Å²) in [6.07, 6.45) is -4.69. The van der Waals surface area contributed by atoms with Crippen molar-refractivity contribution in [1.29, 1.82) is 5.26 Å². The first-order valence-corrected chi connectivity index (χ1v) is 4.27. The number of pyridine rings is 1. The molecule has 1 heterocycles. The average Bonchev–Trinajstić information content (AvgIpc) is 2.23. The number of hydrogen-bond acceptors (Lipinski definition) is 4. The number of alkyl halides is 4. The number of rotatable bonds is 3. The van der Waals surface area contributed by atoms with Gasteiger partial charge in [0.25, 0.3) is 0 Å². The molecule has 0 saturated carbocycles. The Hall–Kier alpha value is -2.04. The molecule has 4 nitrogen and oxygen atoms in total. The number of halogens is 4. The second-order valence-corrected chi connectivity index (χ2v) is 2.92. The zero-order chi connectivity index (χ0) is 13.1. The topological polar surface area (TPSA) is 66.1 Å². The maximum Gasteiger partial charge on any atom is 0.573 e. The molecule has 1 N–H and O–H groups in total. The normalized spacial score (nSPS) is 11.0. The SMILES string of the molecule is N#CCc1ncc(CF)c(OC(F)(F)F)c1O. The zero-order valence-corrected chi connectivity index (χ0v) is 8.25. The quantitative estimate of drug-likeness (QED) is 0.835. The van der Waals surface area contributed by atoms with Crippen LogP contribution in [0.3, 0.4) is 0 Å². The summed E-state index contributed by atoms with van der Waals surface area (Å²) in [5.41, 5.74) is -0.842. The lowest BCUT2D eigenvalue weighted by Gasteiger charge is -2.14. The third kappa shape index (κ3) is 3.21. The first kappa shape index (κ1) is 13.0. The lowest BCUT2D eigenvalue weighted by molar-refractivity contribution is -0.275. The molecule has 92 valence electrons. The summed E-state index contributed by atoms with van der Waals surface area (Å²) in [5.74, 6) is -2.03. The van der Waals surface area contributed by atoms with Crippen LogP contribution in [0.25, 0.3) is 0 Å². The number of nitriles is 1. The minimum Gasteiger partial charge on any atom is -0.503 e. The summed E-state index contributed by atoms with van der Waals surface area (Å²) in [4.78, 5) is 3.47. The highest BCUT2D eigenvalue weighted by Crippen LogP contribution is 2.36. The van der Waals surface area contributed by atoms with E-state index < -0.39 is 36.5 Å². The maximum absolute atomic E-state index is 12.4. The minimum atomic E-state index is -5.06. The molecule has 1 rings (SSSR count). The van der Waals surface area contributed by atoms with E-state index >= 15 is 0 Å². The van der Waals surface area contributed by atoms with Gasteiger partial charge in [0, 0.05) is 11.8 Å². The van der Waals surface area contributed by atoms with Crippen molar-refractivity contribution in [1.82, 2.24) is 4.98 Å². The molecule has 1 aromatic rings. The highest BCUT2D eigenvalue weighted by atomic mass is 19.4. The first-order valence-electron chi connectivity index (χ1n) is 4.27. The summed E-state index contributed by atoms with van der Waals surface area (Å²) in [5, 5.41) is 17.7. The van der Waals surface area contributed by atoms with Crippen molar-refractivity contribution < 1.29 is 27.4 Å². The van der Waals surface area contributed by atoms with Gasteiger partial charge >= 0.3 is 6.36 Å². The Morgan fingerprint density at radius 3 is 2.59 bits per heavy atom. The van der Waals surface area contributed by atoms with Gasteiger partial charge in [-0.05, 0) is 0 Å². The molecule has 0 aromatic carbocycles. The monoisotopic (exact) mass is 250 g/mol. The lowest BCUT2D eigenvalue weighted by Crippen LogP contribution is -2.18. The maximum atomic E-state index is 12.4. The van der Waals surface area contributed by atoms with E-state index in [2.05, 4.69) is 9.72 Å². The van der Waals surface area contributed by atoms with E-state index in [1.54, 1.807) is 6.07 Å².